The van der Waals surface area contributed by atoms with E-state index in [0.717, 1.165) is 16.6 Å². The average Bonchev–Trinajstić information content (AvgIpc) is 2.30. The Bertz CT molecular complexity index is 485. The Morgan fingerprint density at radius 1 is 1.25 bits per heavy atom. The van der Waals surface area contributed by atoms with Crippen molar-refractivity contribution in [3.05, 3.63) is 30.5 Å². The molecule has 0 spiro atoms. The van der Waals surface area contributed by atoms with Crippen molar-refractivity contribution in [1.29, 1.82) is 0 Å². The maximum Gasteiger partial charge on any atom is 0.133 e. The number of rotatable bonds is 4. The fourth-order valence-corrected chi connectivity index (χ4v) is 1.58. The number of phenolic OH excluding ortho intramolecular Hbond substituents is 1. The molecule has 1 aromatic carbocycles. The van der Waals surface area contributed by atoms with E-state index in [1.54, 1.807) is 18.3 Å². The third kappa shape index (κ3) is 2.23. The van der Waals surface area contributed by atoms with Crippen LogP contribution in [-0.4, -0.2) is 28.3 Å². The number of hydrogen-bond donors (Lipinski definition) is 3. The quantitative estimate of drug-likeness (QED) is 0.684. The van der Waals surface area contributed by atoms with E-state index in [2.05, 4.69) is 10.3 Å². The van der Waals surface area contributed by atoms with Gasteiger partial charge in [-0.05, 0) is 30.0 Å². The van der Waals surface area contributed by atoms with E-state index in [1.165, 1.54) is 0 Å². The number of benzene rings is 1. The van der Waals surface area contributed by atoms with Crippen molar-refractivity contribution in [1.82, 2.24) is 4.98 Å². The number of pyridine rings is 1. The monoisotopic (exact) mass is 218 g/mol. The molecule has 4 heteroatoms. The van der Waals surface area contributed by atoms with Gasteiger partial charge >= 0.3 is 0 Å². The summed E-state index contributed by atoms with van der Waals surface area (Å²) in [5, 5.41) is 23.2. The molecule has 0 unspecified atom stereocenters. The Hall–Kier alpha value is -1.81. The molecule has 2 rings (SSSR count). The molecule has 0 amide bonds. The number of aliphatic hydroxyl groups is 1. The van der Waals surface area contributed by atoms with Gasteiger partial charge in [0, 0.05) is 24.7 Å². The molecule has 84 valence electrons. The zero-order chi connectivity index (χ0) is 11.4. The molecule has 0 aliphatic heterocycles. The summed E-state index contributed by atoms with van der Waals surface area (Å²) < 4.78 is 0. The van der Waals surface area contributed by atoms with Crippen molar-refractivity contribution in [2.45, 2.75) is 6.42 Å². The van der Waals surface area contributed by atoms with Crippen molar-refractivity contribution in [3.63, 3.8) is 0 Å². The van der Waals surface area contributed by atoms with Gasteiger partial charge in [-0.25, -0.2) is 4.98 Å². The molecule has 2 aromatic rings. The number of nitrogens with one attached hydrogen (secondary N) is 1. The van der Waals surface area contributed by atoms with E-state index < -0.39 is 0 Å². The first-order valence-corrected chi connectivity index (χ1v) is 5.24. The van der Waals surface area contributed by atoms with Gasteiger partial charge in [0.05, 0.1) is 0 Å². The Kier molecular flexibility index (Phi) is 3.22. The first kappa shape index (κ1) is 10.7. The first-order chi connectivity index (χ1) is 7.81. The Morgan fingerprint density at radius 2 is 2.12 bits per heavy atom. The minimum absolute atomic E-state index is 0.156. The molecule has 0 aliphatic rings. The van der Waals surface area contributed by atoms with Gasteiger partial charge in [0.15, 0.2) is 0 Å². The van der Waals surface area contributed by atoms with Gasteiger partial charge in [-0.1, -0.05) is 6.07 Å². The van der Waals surface area contributed by atoms with E-state index in [-0.39, 0.29) is 12.4 Å². The second-order valence-corrected chi connectivity index (χ2v) is 3.57. The van der Waals surface area contributed by atoms with E-state index in [4.69, 9.17) is 5.11 Å². The summed E-state index contributed by atoms with van der Waals surface area (Å²) in [5.41, 5.74) is 0. The lowest BCUT2D eigenvalue weighted by Crippen LogP contribution is -2.05. The highest BCUT2D eigenvalue weighted by Crippen LogP contribution is 2.24. The van der Waals surface area contributed by atoms with Crippen LogP contribution in [0.25, 0.3) is 10.8 Å². The normalized spacial score (nSPS) is 10.6. The Balaban J connectivity index is 2.32. The molecule has 1 aromatic heterocycles. The predicted molar refractivity (Wildman–Crippen MR) is 63.6 cm³/mol. The molecule has 3 N–H and O–H groups in total. The second kappa shape index (κ2) is 4.81. The topological polar surface area (TPSA) is 65.4 Å². The van der Waals surface area contributed by atoms with Crippen LogP contribution in [0.1, 0.15) is 6.42 Å². The van der Waals surface area contributed by atoms with Crippen LogP contribution in [0.15, 0.2) is 30.5 Å². The van der Waals surface area contributed by atoms with Crippen molar-refractivity contribution in [2.24, 2.45) is 0 Å². The van der Waals surface area contributed by atoms with Gasteiger partial charge in [-0.15, -0.1) is 0 Å². The summed E-state index contributed by atoms with van der Waals surface area (Å²) in [6, 6.07) is 7.08. The summed E-state index contributed by atoms with van der Waals surface area (Å²) in [4.78, 5) is 4.22. The van der Waals surface area contributed by atoms with Crippen LogP contribution < -0.4 is 5.32 Å². The van der Waals surface area contributed by atoms with Crippen molar-refractivity contribution < 1.29 is 10.2 Å². The largest absolute Gasteiger partial charge is 0.508 e. The number of fused-ring (bicyclic) bond motifs is 1. The van der Waals surface area contributed by atoms with Crippen LogP contribution in [0.5, 0.6) is 5.75 Å². The Labute approximate surface area is 93.6 Å². The Morgan fingerprint density at radius 3 is 2.94 bits per heavy atom. The summed E-state index contributed by atoms with van der Waals surface area (Å²) in [6.45, 7) is 0.821. The lowest BCUT2D eigenvalue weighted by molar-refractivity contribution is 0.292. The SMILES string of the molecule is OCCCNc1nccc2ccc(O)cc12. The molecule has 0 bridgehead atoms. The van der Waals surface area contributed by atoms with Gasteiger partial charge in [0.2, 0.25) is 0 Å². The lowest BCUT2D eigenvalue weighted by Gasteiger charge is -2.08. The van der Waals surface area contributed by atoms with Gasteiger partial charge in [0.25, 0.3) is 0 Å². The number of phenols is 1. The van der Waals surface area contributed by atoms with Gasteiger partial charge in [0.1, 0.15) is 11.6 Å². The maximum absolute atomic E-state index is 9.43. The standard InChI is InChI=1S/C12H14N2O2/c15-7-1-5-13-12-11-8-10(16)3-2-9(11)4-6-14-12/h2-4,6,8,15-16H,1,5,7H2,(H,13,14). The second-order valence-electron chi connectivity index (χ2n) is 3.57. The van der Waals surface area contributed by atoms with Gasteiger partial charge < -0.3 is 15.5 Å². The molecule has 16 heavy (non-hydrogen) atoms. The lowest BCUT2D eigenvalue weighted by atomic mass is 10.1. The minimum Gasteiger partial charge on any atom is -0.508 e. The van der Waals surface area contributed by atoms with Crippen molar-refractivity contribution >= 4 is 16.6 Å². The molecule has 0 radical (unpaired) electrons. The van der Waals surface area contributed by atoms with Crippen LogP contribution in [0.3, 0.4) is 0 Å². The molecule has 0 fully saturated rings. The highest BCUT2D eigenvalue weighted by molar-refractivity contribution is 5.92. The fraction of sp³-hybridized carbons (Fsp3) is 0.250. The van der Waals surface area contributed by atoms with E-state index in [1.807, 2.05) is 12.1 Å². The molecular formula is C12H14N2O2. The van der Waals surface area contributed by atoms with Crippen LogP contribution in [0.4, 0.5) is 5.82 Å². The predicted octanol–water partition coefficient (Wildman–Crippen LogP) is 1.73. The highest BCUT2D eigenvalue weighted by Gasteiger charge is 2.02. The molecule has 1 heterocycles. The number of aromatic hydroxyl groups is 1. The smallest absolute Gasteiger partial charge is 0.133 e. The van der Waals surface area contributed by atoms with Crippen LogP contribution >= 0.6 is 0 Å². The van der Waals surface area contributed by atoms with Crippen LogP contribution in [0, 0.1) is 0 Å². The zero-order valence-corrected chi connectivity index (χ0v) is 8.85. The molecule has 4 nitrogen and oxygen atoms in total. The average molecular weight is 218 g/mol. The van der Waals surface area contributed by atoms with Crippen molar-refractivity contribution in [3.8, 4) is 5.75 Å². The zero-order valence-electron chi connectivity index (χ0n) is 8.85. The molecule has 0 saturated carbocycles. The molecule has 0 aliphatic carbocycles. The van der Waals surface area contributed by atoms with Crippen molar-refractivity contribution in [2.75, 3.05) is 18.5 Å². The summed E-state index contributed by atoms with van der Waals surface area (Å²) in [7, 11) is 0. The summed E-state index contributed by atoms with van der Waals surface area (Å²) in [6.07, 6.45) is 2.40. The number of anilines is 1. The van der Waals surface area contributed by atoms with Crippen LogP contribution in [0.2, 0.25) is 0 Å². The molecular weight excluding hydrogens is 204 g/mol. The first-order valence-electron chi connectivity index (χ1n) is 5.24. The third-order valence-electron chi connectivity index (χ3n) is 2.38. The van der Waals surface area contributed by atoms with Gasteiger partial charge in [-0.3, -0.25) is 0 Å². The summed E-state index contributed by atoms with van der Waals surface area (Å²) >= 11 is 0. The number of aromatic nitrogens is 1. The third-order valence-corrected chi connectivity index (χ3v) is 2.38. The van der Waals surface area contributed by atoms with E-state index >= 15 is 0 Å². The van der Waals surface area contributed by atoms with E-state index in [0.29, 0.717) is 13.0 Å². The minimum atomic E-state index is 0.156. The van der Waals surface area contributed by atoms with Crippen LogP contribution in [-0.2, 0) is 0 Å². The molecule has 0 atom stereocenters. The highest BCUT2D eigenvalue weighted by atomic mass is 16.3. The summed E-state index contributed by atoms with van der Waals surface area (Å²) in [5.74, 6) is 0.965. The number of hydrogen-bond acceptors (Lipinski definition) is 4. The number of nitrogens with zero attached hydrogens (tertiary/aromatic N) is 1. The number of aliphatic hydroxyl groups excluding tert-OH is 1. The fourth-order valence-electron chi connectivity index (χ4n) is 1.58. The molecule has 0 saturated heterocycles. The van der Waals surface area contributed by atoms with Gasteiger partial charge in [-0.2, -0.15) is 0 Å². The van der Waals surface area contributed by atoms with E-state index in [9.17, 15) is 5.11 Å². The maximum atomic E-state index is 9.43.